The Bertz CT molecular complexity index is 1640. The van der Waals surface area contributed by atoms with E-state index >= 15 is 0 Å². The minimum absolute atomic E-state index is 0.00267. The Morgan fingerprint density at radius 2 is 1.73 bits per heavy atom. The molecule has 2 N–H and O–H groups in total. The summed E-state index contributed by atoms with van der Waals surface area (Å²) in [6.45, 7) is 11.1. The molecule has 1 aliphatic heterocycles. The summed E-state index contributed by atoms with van der Waals surface area (Å²) in [5.74, 6) is -0.0715. The molecule has 0 atom stereocenters. The summed E-state index contributed by atoms with van der Waals surface area (Å²) in [5, 5.41) is 8.93. The van der Waals surface area contributed by atoms with E-state index in [4.69, 9.17) is 9.84 Å². The maximum atomic E-state index is 12.1. The van der Waals surface area contributed by atoms with Crippen molar-refractivity contribution in [1.29, 1.82) is 0 Å². The third-order valence-corrected chi connectivity index (χ3v) is 7.63. The third kappa shape index (κ3) is 5.80. The largest absolute Gasteiger partial charge is 0.379 e. The summed E-state index contributed by atoms with van der Waals surface area (Å²) < 4.78 is 7.44. The molecule has 2 aromatic carbocycles. The quantitative estimate of drug-likeness (QED) is 0.241. The van der Waals surface area contributed by atoms with Crippen LogP contribution in [-0.4, -0.2) is 56.9 Å². The fourth-order valence-electron chi connectivity index (χ4n) is 5.22. The maximum Gasteiger partial charge on any atom is 0.226 e. The second-order valence-corrected chi connectivity index (χ2v) is 10.9. The van der Waals surface area contributed by atoms with Gasteiger partial charge in [0.25, 0.3) is 0 Å². The lowest BCUT2D eigenvalue weighted by Gasteiger charge is -2.26. The summed E-state index contributed by atoms with van der Waals surface area (Å²) in [5.41, 5.74) is 9.10. The van der Waals surface area contributed by atoms with E-state index in [9.17, 15) is 4.79 Å². The topological polar surface area (TPSA) is 88.1 Å². The lowest BCUT2D eigenvalue weighted by molar-refractivity contribution is -0.118. The minimum Gasteiger partial charge on any atom is -0.379 e. The molecule has 210 valence electrons. The van der Waals surface area contributed by atoms with Crippen molar-refractivity contribution >= 4 is 22.6 Å². The first-order valence-corrected chi connectivity index (χ1v) is 14.3. The Kier molecular flexibility index (Phi) is 7.67. The first-order chi connectivity index (χ1) is 20.0. The lowest BCUT2D eigenvalue weighted by atomic mass is 9.99. The Hall–Kier alpha value is -4.27. The SMILES string of the molecule is CCn1cc(-c2ccnc3[nH]c(-c4ccc(CN5CCOCC5)cc4)cc23)c(-c2ccc(NC(=O)C(C)C)cc2)n1. The molecule has 1 aliphatic rings. The molecule has 1 amide bonds. The van der Waals surface area contributed by atoms with Crippen molar-refractivity contribution < 1.29 is 9.53 Å². The van der Waals surface area contributed by atoms with Gasteiger partial charge in [0.2, 0.25) is 5.91 Å². The van der Waals surface area contributed by atoms with Crippen molar-refractivity contribution in [2.24, 2.45) is 5.92 Å². The predicted octanol–water partition coefficient (Wildman–Crippen LogP) is 6.21. The van der Waals surface area contributed by atoms with E-state index < -0.39 is 0 Å². The maximum absolute atomic E-state index is 12.1. The van der Waals surface area contributed by atoms with E-state index in [1.54, 1.807) is 0 Å². The van der Waals surface area contributed by atoms with Gasteiger partial charge in [0.15, 0.2) is 0 Å². The molecule has 3 aromatic heterocycles. The van der Waals surface area contributed by atoms with Crippen LogP contribution in [0.3, 0.4) is 0 Å². The van der Waals surface area contributed by atoms with Gasteiger partial charge in [0.1, 0.15) is 11.3 Å². The highest BCUT2D eigenvalue weighted by atomic mass is 16.5. The summed E-state index contributed by atoms with van der Waals surface area (Å²) in [7, 11) is 0. The third-order valence-electron chi connectivity index (χ3n) is 7.63. The number of morpholine rings is 1. The van der Waals surface area contributed by atoms with Crippen LogP contribution in [0.15, 0.2) is 73.1 Å². The highest BCUT2D eigenvalue weighted by Gasteiger charge is 2.18. The summed E-state index contributed by atoms with van der Waals surface area (Å²) in [6, 6.07) is 20.9. The van der Waals surface area contributed by atoms with Crippen LogP contribution in [-0.2, 0) is 22.6 Å². The van der Waals surface area contributed by atoms with Crippen molar-refractivity contribution in [2.45, 2.75) is 33.9 Å². The van der Waals surface area contributed by atoms with Crippen LogP contribution in [0.5, 0.6) is 0 Å². The zero-order valence-corrected chi connectivity index (χ0v) is 23.9. The Balaban J connectivity index is 1.30. The molecule has 5 aromatic rings. The zero-order valence-electron chi connectivity index (χ0n) is 23.9. The second-order valence-electron chi connectivity index (χ2n) is 10.9. The number of fused-ring (bicyclic) bond motifs is 1. The standard InChI is InChI=1S/C33H36N6O2/c1-4-39-21-29(31(37-39)25-9-11-26(12-10-25)35-33(40)22(2)3)27-13-14-34-32-28(27)19-30(36-32)24-7-5-23(6-8-24)20-38-15-17-41-18-16-38/h5-14,19,21-22H,4,15-18,20H2,1-3H3,(H,34,36)(H,35,40). The van der Waals surface area contributed by atoms with Crippen LogP contribution >= 0.6 is 0 Å². The number of benzene rings is 2. The number of aromatic amines is 1. The molecule has 0 bridgehead atoms. The van der Waals surface area contributed by atoms with Crippen LogP contribution < -0.4 is 5.32 Å². The first-order valence-electron chi connectivity index (χ1n) is 14.3. The summed E-state index contributed by atoms with van der Waals surface area (Å²) in [6.07, 6.45) is 3.95. The molecule has 41 heavy (non-hydrogen) atoms. The molecule has 8 nitrogen and oxygen atoms in total. The lowest BCUT2D eigenvalue weighted by Crippen LogP contribution is -2.35. The number of carbonyl (C=O) groups excluding carboxylic acids is 1. The molecule has 0 saturated carbocycles. The minimum atomic E-state index is -0.0742. The number of amides is 1. The van der Waals surface area contributed by atoms with E-state index in [0.717, 1.165) is 89.8 Å². The number of hydrogen-bond acceptors (Lipinski definition) is 5. The average Bonchev–Trinajstić information content (AvgIpc) is 3.63. The molecular formula is C33H36N6O2. The first kappa shape index (κ1) is 26.9. The Labute approximate surface area is 240 Å². The highest BCUT2D eigenvalue weighted by Crippen LogP contribution is 2.37. The number of H-pyrrole nitrogens is 1. The molecule has 1 fully saturated rings. The smallest absolute Gasteiger partial charge is 0.226 e. The van der Waals surface area contributed by atoms with Gasteiger partial charge in [-0.2, -0.15) is 5.10 Å². The Morgan fingerprint density at radius 1 is 1.00 bits per heavy atom. The summed E-state index contributed by atoms with van der Waals surface area (Å²) >= 11 is 0. The van der Waals surface area contributed by atoms with Crippen LogP contribution in [0.2, 0.25) is 0 Å². The molecule has 0 aliphatic carbocycles. The molecule has 0 spiro atoms. The van der Waals surface area contributed by atoms with Gasteiger partial charge in [-0.3, -0.25) is 14.4 Å². The van der Waals surface area contributed by atoms with Crippen molar-refractivity contribution in [2.75, 3.05) is 31.6 Å². The van der Waals surface area contributed by atoms with Gasteiger partial charge >= 0.3 is 0 Å². The van der Waals surface area contributed by atoms with Crippen molar-refractivity contribution in [3.05, 3.63) is 78.6 Å². The van der Waals surface area contributed by atoms with Crippen LogP contribution in [0.1, 0.15) is 26.3 Å². The normalized spacial score (nSPS) is 14.1. The van der Waals surface area contributed by atoms with E-state index in [1.165, 1.54) is 5.56 Å². The summed E-state index contributed by atoms with van der Waals surface area (Å²) in [4.78, 5) is 22.7. The molecule has 8 heteroatoms. The number of nitrogens with one attached hydrogen (secondary N) is 2. The van der Waals surface area contributed by atoms with Crippen LogP contribution in [0.4, 0.5) is 5.69 Å². The monoisotopic (exact) mass is 548 g/mol. The van der Waals surface area contributed by atoms with Gasteiger partial charge in [-0.1, -0.05) is 50.2 Å². The molecule has 0 unspecified atom stereocenters. The molecule has 1 saturated heterocycles. The highest BCUT2D eigenvalue weighted by molar-refractivity contribution is 5.99. The zero-order chi connectivity index (χ0) is 28.3. The molecule has 0 radical (unpaired) electrons. The molecular weight excluding hydrogens is 512 g/mol. The van der Waals surface area contributed by atoms with Crippen LogP contribution in [0, 0.1) is 5.92 Å². The molecule has 6 rings (SSSR count). The van der Waals surface area contributed by atoms with E-state index in [-0.39, 0.29) is 11.8 Å². The van der Waals surface area contributed by atoms with Gasteiger partial charge < -0.3 is 15.0 Å². The van der Waals surface area contributed by atoms with Gasteiger partial charge in [0.05, 0.1) is 13.2 Å². The number of pyridine rings is 1. The van der Waals surface area contributed by atoms with Gasteiger partial charge in [0, 0.05) is 72.4 Å². The van der Waals surface area contributed by atoms with Crippen molar-refractivity contribution in [3.63, 3.8) is 0 Å². The van der Waals surface area contributed by atoms with Crippen molar-refractivity contribution in [3.8, 4) is 33.6 Å². The van der Waals surface area contributed by atoms with Gasteiger partial charge in [-0.15, -0.1) is 0 Å². The number of aromatic nitrogens is 4. The number of anilines is 1. The predicted molar refractivity (Wildman–Crippen MR) is 163 cm³/mol. The number of nitrogens with zero attached hydrogens (tertiary/aromatic N) is 4. The fourth-order valence-corrected chi connectivity index (χ4v) is 5.22. The number of ether oxygens (including phenoxy) is 1. The number of carbonyl (C=O) groups is 1. The number of hydrogen-bond donors (Lipinski definition) is 2. The Morgan fingerprint density at radius 3 is 2.44 bits per heavy atom. The second kappa shape index (κ2) is 11.7. The number of aryl methyl sites for hydroxylation is 1. The fraction of sp³-hybridized carbons (Fsp3) is 0.303. The van der Waals surface area contributed by atoms with Crippen molar-refractivity contribution in [1.82, 2.24) is 24.6 Å². The van der Waals surface area contributed by atoms with E-state index in [0.29, 0.717) is 0 Å². The number of rotatable bonds is 8. The molecule has 4 heterocycles. The van der Waals surface area contributed by atoms with E-state index in [2.05, 4.69) is 69.7 Å². The van der Waals surface area contributed by atoms with Crippen LogP contribution in [0.25, 0.3) is 44.7 Å². The van der Waals surface area contributed by atoms with Gasteiger partial charge in [-0.25, -0.2) is 4.98 Å². The van der Waals surface area contributed by atoms with Gasteiger partial charge in [-0.05, 0) is 47.9 Å². The average molecular weight is 549 g/mol. The van der Waals surface area contributed by atoms with E-state index in [1.807, 2.05) is 49.0 Å².